The second-order valence-electron chi connectivity index (χ2n) is 10.9. The van der Waals surface area contributed by atoms with Crippen LogP contribution in [0.1, 0.15) is 31.2 Å². The largest absolute Gasteiger partial charge is 0.405 e. The van der Waals surface area contributed by atoms with Crippen molar-refractivity contribution in [1.82, 2.24) is 19.5 Å². The van der Waals surface area contributed by atoms with Gasteiger partial charge >= 0.3 is 6.18 Å². The van der Waals surface area contributed by atoms with Gasteiger partial charge < -0.3 is 19.5 Å². The molecule has 1 aromatic heterocycles. The van der Waals surface area contributed by atoms with Crippen LogP contribution in [0.5, 0.6) is 0 Å². The van der Waals surface area contributed by atoms with E-state index in [2.05, 4.69) is 10.0 Å². The number of nitrogens with zero attached hydrogens (tertiary/aromatic N) is 2. The number of ether oxygens (including phenoxy) is 1. The third-order valence-corrected chi connectivity index (χ3v) is 9.69. The molecule has 1 aliphatic heterocycles. The number of methoxy groups -OCH3 is 1. The average molecular weight is 593 g/mol. The zero-order chi connectivity index (χ0) is 29.4. The summed E-state index contributed by atoms with van der Waals surface area (Å²) in [7, 11) is -0.272. The summed E-state index contributed by atoms with van der Waals surface area (Å²) in [4.78, 5) is 14.4. The minimum atomic E-state index is -4.41. The van der Waals surface area contributed by atoms with Crippen molar-refractivity contribution in [3.05, 3.63) is 54.1 Å². The van der Waals surface area contributed by atoms with Crippen LogP contribution in [0.3, 0.4) is 0 Å². The van der Waals surface area contributed by atoms with Crippen LogP contribution in [0.25, 0.3) is 22.2 Å². The van der Waals surface area contributed by atoms with Gasteiger partial charge in [-0.1, -0.05) is 30.3 Å². The maximum atomic E-state index is 13.3. The van der Waals surface area contributed by atoms with Crippen LogP contribution >= 0.6 is 0 Å². The van der Waals surface area contributed by atoms with Gasteiger partial charge in [-0.05, 0) is 55.0 Å². The highest BCUT2D eigenvalue weighted by Crippen LogP contribution is 2.31. The van der Waals surface area contributed by atoms with Crippen molar-refractivity contribution >= 4 is 26.8 Å². The Bertz CT molecular complexity index is 1500. The minimum absolute atomic E-state index is 0.0959. The lowest BCUT2D eigenvalue weighted by Gasteiger charge is -2.38. The molecule has 1 amide bonds. The van der Waals surface area contributed by atoms with Crippen LogP contribution in [0, 0.1) is 5.92 Å². The van der Waals surface area contributed by atoms with Crippen molar-refractivity contribution in [1.29, 1.82) is 0 Å². The molecule has 1 atom stereocenters. The van der Waals surface area contributed by atoms with Gasteiger partial charge in [-0.25, -0.2) is 13.1 Å². The second kappa shape index (κ2) is 11.7. The smallest absolute Gasteiger partial charge is 0.380 e. The van der Waals surface area contributed by atoms with E-state index in [9.17, 15) is 26.4 Å². The summed E-state index contributed by atoms with van der Waals surface area (Å²) in [5, 5.41) is 3.34. The van der Waals surface area contributed by atoms with Gasteiger partial charge in [0.05, 0.1) is 11.5 Å². The zero-order valence-corrected chi connectivity index (χ0v) is 23.9. The fourth-order valence-corrected chi connectivity index (χ4v) is 7.19. The van der Waals surface area contributed by atoms with Crippen LogP contribution in [0.4, 0.5) is 13.2 Å². The second-order valence-corrected chi connectivity index (χ2v) is 12.7. The summed E-state index contributed by atoms with van der Waals surface area (Å²) in [6.45, 7) is 0.469. The number of halogens is 3. The maximum absolute atomic E-state index is 13.3. The number of piperazine rings is 1. The number of sulfonamides is 1. The van der Waals surface area contributed by atoms with Crippen molar-refractivity contribution < 1.29 is 31.1 Å². The first-order chi connectivity index (χ1) is 19.5. The Morgan fingerprint density at radius 3 is 2.44 bits per heavy atom. The van der Waals surface area contributed by atoms with Gasteiger partial charge in [0.2, 0.25) is 15.9 Å². The lowest BCUT2D eigenvalue weighted by molar-refractivity contribution is -0.169. The number of rotatable bonds is 7. The molecule has 1 saturated carbocycles. The lowest BCUT2D eigenvalue weighted by Crippen LogP contribution is -2.59. The molecule has 1 aliphatic carbocycles. The van der Waals surface area contributed by atoms with E-state index < -0.39 is 34.7 Å². The Labute approximate surface area is 237 Å². The van der Waals surface area contributed by atoms with Crippen molar-refractivity contribution in [2.75, 3.05) is 26.7 Å². The summed E-state index contributed by atoms with van der Waals surface area (Å²) in [6.07, 6.45) is -2.67. The molecule has 8 nitrogen and oxygen atoms in total. The van der Waals surface area contributed by atoms with Gasteiger partial charge in [0, 0.05) is 62.3 Å². The van der Waals surface area contributed by atoms with Crippen molar-refractivity contribution in [3.63, 3.8) is 0 Å². The number of benzene rings is 2. The predicted octanol–water partition coefficient (Wildman–Crippen LogP) is 4.19. The van der Waals surface area contributed by atoms with Gasteiger partial charge in [-0.15, -0.1) is 0 Å². The molecule has 41 heavy (non-hydrogen) atoms. The van der Waals surface area contributed by atoms with E-state index >= 15 is 0 Å². The molecular weight excluding hydrogens is 557 g/mol. The fraction of sp³-hybridized carbons (Fsp3) is 0.483. The highest BCUT2D eigenvalue weighted by Gasteiger charge is 2.43. The van der Waals surface area contributed by atoms with Gasteiger partial charge in [-0.2, -0.15) is 13.2 Å². The molecule has 12 heteroatoms. The summed E-state index contributed by atoms with van der Waals surface area (Å²) < 4.78 is 75.9. The van der Waals surface area contributed by atoms with Crippen LogP contribution < -0.4 is 10.0 Å². The molecule has 222 valence electrons. The van der Waals surface area contributed by atoms with E-state index in [-0.39, 0.29) is 29.9 Å². The number of alkyl halides is 3. The third-order valence-electron chi connectivity index (χ3n) is 8.17. The van der Waals surface area contributed by atoms with Crippen LogP contribution in [0.15, 0.2) is 53.4 Å². The monoisotopic (exact) mass is 592 g/mol. The molecule has 1 unspecified atom stereocenters. The Balaban J connectivity index is 1.23. The van der Waals surface area contributed by atoms with Crippen LogP contribution in [0.2, 0.25) is 0 Å². The lowest BCUT2D eigenvalue weighted by atomic mass is 9.85. The fourth-order valence-electron chi connectivity index (χ4n) is 5.87. The van der Waals surface area contributed by atoms with E-state index in [0.717, 1.165) is 27.7 Å². The van der Waals surface area contributed by atoms with E-state index in [1.54, 1.807) is 25.3 Å². The highest BCUT2D eigenvalue weighted by atomic mass is 32.2. The number of carbonyl (C=O) groups excluding carboxylic acids is 1. The first-order valence-electron chi connectivity index (χ1n) is 13.7. The Hall–Kier alpha value is -2.93. The topological polar surface area (TPSA) is 92.7 Å². The standard InChI is InChI=1S/C29H35F3N4O4S/c1-35-25(20-5-3-19(4-6-20)18-40-2)15-22-9-12-24(16-26(22)35)41(38,39)34-23-10-7-21(8-11-23)28(37)36-14-13-33-27(17-36)29(30,31)32/h3-6,9,12,15-16,21,23,27,33-34H,7-8,10-11,13-14,17-18H2,1-2H3. The van der Waals surface area contributed by atoms with E-state index in [0.29, 0.717) is 32.3 Å². The molecule has 3 aromatic rings. The molecular formula is C29H35F3N4O4S. The first kappa shape index (κ1) is 29.6. The third kappa shape index (κ3) is 6.45. The molecule has 5 rings (SSSR count). The summed E-state index contributed by atoms with van der Waals surface area (Å²) in [5.74, 6) is -0.676. The number of nitrogens with one attached hydrogen (secondary N) is 2. The molecule has 0 bridgehead atoms. The molecule has 0 radical (unpaired) electrons. The molecule has 2 N–H and O–H groups in total. The van der Waals surface area contributed by atoms with E-state index in [1.165, 1.54) is 4.90 Å². The Morgan fingerprint density at radius 1 is 1.07 bits per heavy atom. The molecule has 2 fully saturated rings. The normalized spacial score (nSPS) is 22.3. The Morgan fingerprint density at radius 2 is 1.78 bits per heavy atom. The van der Waals surface area contributed by atoms with Crippen LogP contribution in [-0.2, 0) is 33.2 Å². The quantitative estimate of drug-likeness (QED) is 0.429. The number of hydrogen-bond acceptors (Lipinski definition) is 5. The van der Waals surface area contributed by atoms with Gasteiger partial charge in [0.1, 0.15) is 6.04 Å². The summed E-state index contributed by atoms with van der Waals surface area (Å²) in [5.41, 5.74) is 3.81. The van der Waals surface area contributed by atoms with E-state index in [1.807, 2.05) is 41.9 Å². The van der Waals surface area contributed by atoms with Gasteiger partial charge in [0.15, 0.2) is 0 Å². The number of aryl methyl sites for hydroxylation is 1. The molecule has 1 saturated heterocycles. The predicted molar refractivity (Wildman–Crippen MR) is 150 cm³/mol. The Kier molecular flexibility index (Phi) is 8.47. The number of carbonyl (C=O) groups is 1. The number of fused-ring (bicyclic) bond motifs is 1. The van der Waals surface area contributed by atoms with Gasteiger partial charge in [-0.3, -0.25) is 4.79 Å². The number of amides is 1. The molecule has 2 aromatic carbocycles. The SMILES string of the molecule is COCc1ccc(-c2cc3ccc(S(=O)(=O)NC4CCC(C(=O)N5CCNC(C(F)(F)F)C5)CC4)cc3n2C)cc1. The molecule has 0 spiro atoms. The highest BCUT2D eigenvalue weighted by molar-refractivity contribution is 7.89. The zero-order valence-electron chi connectivity index (χ0n) is 23.1. The van der Waals surface area contributed by atoms with Crippen molar-refractivity contribution in [3.8, 4) is 11.3 Å². The molecule has 2 heterocycles. The first-order valence-corrected chi connectivity index (χ1v) is 15.2. The average Bonchev–Trinajstić information content (AvgIpc) is 3.29. The van der Waals surface area contributed by atoms with Crippen molar-refractivity contribution in [2.45, 2.75) is 55.4 Å². The summed E-state index contributed by atoms with van der Waals surface area (Å²) >= 11 is 0. The van der Waals surface area contributed by atoms with E-state index in [4.69, 9.17) is 4.74 Å². The summed E-state index contributed by atoms with van der Waals surface area (Å²) in [6, 6.07) is 13.0. The number of hydrogen-bond donors (Lipinski definition) is 2. The van der Waals surface area contributed by atoms with Crippen LogP contribution in [-0.4, -0.2) is 68.8 Å². The number of aromatic nitrogens is 1. The minimum Gasteiger partial charge on any atom is -0.380 e. The van der Waals surface area contributed by atoms with Crippen molar-refractivity contribution in [2.24, 2.45) is 13.0 Å². The molecule has 2 aliphatic rings. The maximum Gasteiger partial charge on any atom is 0.405 e. The van der Waals surface area contributed by atoms with Gasteiger partial charge in [0.25, 0.3) is 0 Å².